The topological polar surface area (TPSA) is 79.2 Å². The van der Waals surface area contributed by atoms with E-state index in [2.05, 4.69) is 15.6 Å². The van der Waals surface area contributed by atoms with Gasteiger partial charge in [0.05, 0.1) is 11.9 Å². The van der Waals surface area contributed by atoms with Gasteiger partial charge in [0.15, 0.2) is 0 Å². The third-order valence-corrected chi connectivity index (χ3v) is 4.90. The molecular weight excluding hydrogens is 316 g/mol. The number of nitrogens with zero attached hydrogens (tertiary/aromatic N) is 2. The molecule has 1 aliphatic rings. The smallest absolute Gasteiger partial charge is 0.315 e. The number of urea groups is 1. The van der Waals surface area contributed by atoms with Crippen molar-refractivity contribution in [2.45, 2.75) is 50.3 Å². The third-order valence-electron chi connectivity index (χ3n) is 4.90. The highest BCUT2D eigenvalue weighted by Gasteiger charge is 2.34. The summed E-state index contributed by atoms with van der Waals surface area (Å²) in [5.41, 5.74) is 0.207. The maximum Gasteiger partial charge on any atom is 0.315 e. The first-order valence-electron chi connectivity index (χ1n) is 8.94. The lowest BCUT2D eigenvalue weighted by Gasteiger charge is -2.36. The molecule has 0 spiro atoms. The molecule has 6 heteroatoms. The van der Waals surface area contributed by atoms with E-state index in [1.807, 2.05) is 41.1 Å². The Kier molecular flexibility index (Phi) is 5.71. The molecule has 25 heavy (non-hydrogen) atoms. The predicted molar refractivity (Wildman–Crippen MR) is 96.0 cm³/mol. The summed E-state index contributed by atoms with van der Waals surface area (Å²) in [6.07, 6.45) is 9.21. The highest BCUT2D eigenvalue weighted by Crippen LogP contribution is 2.36. The molecule has 0 bridgehead atoms. The normalized spacial score (nSPS) is 23.2. The van der Waals surface area contributed by atoms with Crippen molar-refractivity contribution in [3.05, 3.63) is 54.6 Å². The van der Waals surface area contributed by atoms with Gasteiger partial charge in [0.2, 0.25) is 0 Å². The van der Waals surface area contributed by atoms with Gasteiger partial charge in [-0.3, -0.25) is 0 Å². The van der Waals surface area contributed by atoms with E-state index in [1.54, 1.807) is 12.5 Å². The van der Waals surface area contributed by atoms with Gasteiger partial charge in [0, 0.05) is 31.5 Å². The van der Waals surface area contributed by atoms with Crippen molar-refractivity contribution in [3.63, 3.8) is 0 Å². The van der Waals surface area contributed by atoms with Gasteiger partial charge in [-0.1, -0.05) is 30.3 Å². The van der Waals surface area contributed by atoms with Crippen molar-refractivity contribution < 1.29 is 9.90 Å². The van der Waals surface area contributed by atoms with Gasteiger partial charge in [-0.2, -0.15) is 0 Å². The van der Waals surface area contributed by atoms with Crippen LogP contribution in [0.4, 0.5) is 4.79 Å². The Morgan fingerprint density at radius 1 is 1.28 bits per heavy atom. The summed E-state index contributed by atoms with van der Waals surface area (Å²) in [7, 11) is 0. The van der Waals surface area contributed by atoms with Gasteiger partial charge in [-0.25, -0.2) is 9.78 Å². The van der Waals surface area contributed by atoms with Crippen LogP contribution in [0.25, 0.3) is 0 Å². The monoisotopic (exact) mass is 342 g/mol. The Balaban J connectivity index is 1.36. The van der Waals surface area contributed by atoms with Crippen LogP contribution in [0.2, 0.25) is 0 Å². The van der Waals surface area contributed by atoms with Crippen molar-refractivity contribution in [1.82, 2.24) is 20.2 Å². The summed E-state index contributed by atoms with van der Waals surface area (Å²) in [4.78, 5) is 16.0. The van der Waals surface area contributed by atoms with Crippen LogP contribution in [0.15, 0.2) is 49.1 Å². The number of nitrogens with one attached hydrogen (secondary N) is 2. The average Bonchev–Trinajstić information content (AvgIpc) is 3.15. The average molecular weight is 342 g/mol. The SMILES string of the molecule is O=C(NCCCn1ccnc1)NC1CCC(O)(c2ccccc2)CC1. The lowest BCUT2D eigenvalue weighted by molar-refractivity contribution is -0.00732. The molecule has 1 aromatic heterocycles. The molecule has 6 nitrogen and oxygen atoms in total. The molecule has 0 aliphatic heterocycles. The van der Waals surface area contributed by atoms with Crippen LogP contribution < -0.4 is 10.6 Å². The zero-order valence-electron chi connectivity index (χ0n) is 14.4. The standard InChI is InChI=1S/C19H26N4O2/c24-18(21-11-4-13-23-14-12-20-15-23)22-17-7-9-19(25,10-8-17)16-5-2-1-3-6-16/h1-3,5-6,12,14-15,17,25H,4,7-11,13H2,(H2,21,22,24). The van der Waals surface area contributed by atoms with Crippen LogP contribution in [0, 0.1) is 0 Å². The largest absolute Gasteiger partial charge is 0.385 e. The van der Waals surface area contributed by atoms with Crippen LogP contribution in [0.1, 0.15) is 37.7 Å². The molecule has 0 saturated heterocycles. The molecule has 1 aromatic carbocycles. The summed E-state index contributed by atoms with van der Waals surface area (Å²) in [5.74, 6) is 0. The first kappa shape index (κ1) is 17.5. The summed E-state index contributed by atoms with van der Waals surface area (Å²) in [6.45, 7) is 1.47. The molecule has 1 heterocycles. The second-order valence-electron chi connectivity index (χ2n) is 6.73. The molecule has 1 aliphatic carbocycles. The quantitative estimate of drug-likeness (QED) is 0.705. The highest BCUT2D eigenvalue weighted by molar-refractivity contribution is 5.74. The van der Waals surface area contributed by atoms with Gasteiger partial charge in [-0.05, 0) is 37.7 Å². The lowest BCUT2D eigenvalue weighted by atomic mass is 9.78. The number of carbonyl (C=O) groups excluding carboxylic acids is 1. The van der Waals surface area contributed by atoms with Crippen molar-refractivity contribution >= 4 is 6.03 Å². The summed E-state index contributed by atoms with van der Waals surface area (Å²) in [6, 6.07) is 9.81. The van der Waals surface area contributed by atoms with Crippen molar-refractivity contribution in [2.24, 2.45) is 0 Å². The van der Waals surface area contributed by atoms with Gasteiger partial charge in [-0.15, -0.1) is 0 Å². The predicted octanol–water partition coefficient (Wildman–Crippen LogP) is 2.40. The zero-order chi connectivity index (χ0) is 17.5. The minimum atomic E-state index is -0.763. The molecule has 0 atom stereocenters. The van der Waals surface area contributed by atoms with Crippen LogP contribution >= 0.6 is 0 Å². The fourth-order valence-electron chi connectivity index (χ4n) is 3.40. The minimum absolute atomic E-state index is 0.123. The number of benzene rings is 1. The van der Waals surface area contributed by atoms with E-state index < -0.39 is 5.60 Å². The molecule has 3 N–H and O–H groups in total. The van der Waals surface area contributed by atoms with E-state index in [1.165, 1.54) is 0 Å². The van der Waals surface area contributed by atoms with E-state index in [0.717, 1.165) is 31.4 Å². The first-order chi connectivity index (χ1) is 12.2. The molecule has 0 unspecified atom stereocenters. The second-order valence-corrected chi connectivity index (χ2v) is 6.73. The first-order valence-corrected chi connectivity index (χ1v) is 8.94. The number of hydrogen-bond donors (Lipinski definition) is 3. The molecule has 1 saturated carbocycles. The summed E-state index contributed by atoms with van der Waals surface area (Å²) in [5, 5.41) is 16.7. The molecule has 1 fully saturated rings. The number of imidazole rings is 1. The fourth-order valence-corrected chi connectivity index (χ4v) is 3.40. The Morgan fingerprint density at radius 2 is 2.04 bits per heavy atom. The molecule has 0 radical (unpaired) electrons. The number of hydrogen-bond acceptors (Lipinski definition) is 3. The second kappa shape index (κ2) is 8.16. The van der Waals surface area contributed by atoms with Crippen molar-refractivity contribution in [3.8, 4) is 0 Å². The number of rotatable bonds is 6. The maximum absolute atomic E-state index is 12.0. The Bertz CT molecular complexity index is 649. The van der Waals surface area contributed by atoms with Crippen LogP contribution in [-0.4, -0.2) is 33.3 Å². The zero-order valence-corrected chi connectivity index (χ0v) is 14.4. The van der Waals surface area contributed by atoms with E-state index >= 15 is 0 Å². The van der Waals surface area contributed by atoms with E-state index in [4.69, 9.17) is 0 Å². The van der Waals surface area contributed by atoms with Crippen molar-refractivity contribution in [1.29, 1.82) is 0 Å². The number of amides is 2. The van der Waals surface area contributed by atoms with Gasteiger partial charge in [0.1, 0.15) is 0 Å². The van der Waals surface area contributed by atoms with Crippen molar-refractivity contribution in [2.75, 3.05) is 6.54 Å². The van der Waals surface area contributed by atoms with Crippen LogP contribution in [0.3, 0.4) is 0 Å². The number of aromatic nitrogens is 2. The Morgan fingerprint density at radius 3 is 2.72 bits per heavy atom. The molecule has 134 valence electrons. The summed E-state index contributed by atoms with van der Waals surface area (Å²) >= 11 is 0. The van der Waals surface area contributed by atoms with E-state index in [9.17, 15) is 9.90 Å². The van der Waals surface area contributed by atoms with Crippen LogP contribution in [0.5, 0.6) is 0 Å². The van der Waals surface area contributed by atoms with E-state index in [-0.39, 0.29) is 12.1 Å². The third kappa shape index (κ3) is 4.82. The maximum atomic E-state index is 12.0. The number of aliphatic hydroxyl groups is 1. The molecule has 3 rings (SSSR count). The molecule has 2 aromatic rings. The fraction of sp³-hybridized carbons (Fsp3) is 0.474. The number of aryl methyl sites for hydroxylation is 1. The number of carbonyl (C=O) groups is 1. The molecular formula is C19H26N4O2. The van der Waals surface area contributed by atoms with E-state index in [0.29, 0.717) is 19.4 Å². The van der Waals surface area contributed by atoms with Gasteiger partial charge in [0.25, 0.3) is 0 Å². The van der Waals surface area contributed by atoms with Gasteiger partial charge >= 0.3 is 6.03 Å². The Hall–Kier alpha value is -2.34. The highest BCUT2D eigenvalue weighted by atomic mass is 16.3. The minimum Gasteiger partial charge on any atom is -0.385 e. The Labute approximate surface area is 148 Å². The summed E-state index contributed by atoms with van der Waals surface area (Å²) < 4.78 is 1.99. The van der Waals surface area contributed by atoms with Crippen LogP contribution in [-0.2, 0) is 12.1 Å². The van der Waals surface area contributed by atoms with Gasteiger partial charge < -0.3 is 20.3 Å². The molecule has 2 amide bonds. The lowest BCUT2D eigenvalue weighted by Crippen LogP contribution is -2.46.